The van der Waals surface area contributed by atoms with E-state index in [1.807, 2.05) is 0 Å². The number of rotatable bonds is 4. The van der Waals surface area contributed by atoms with Crippen molar-refractivity contribution in [2.45, 2.75) is 11.1 Å². The molecule has 1 aromatic carbocycles. The van der Waals surface area contributed by atoms with Crippen LogP contribution in [0.25, 0.3) is 11.3 Å². The molecule has 5 nitrogen and oxygen atoms in total. The quantitative estimate of drug-likeness (QED) is 0.783. The van der Waals surface area contributed by atoms with E-state index in [-0.39, 0.29) is 9.90 Å². The highest BCUT2D eigenvalue weighted by molar-refractivity contribution is 7.94. The summed E-state index contributed by atoms with van der Waals surface area (Å²) in [6.45, 7) is 1.77. The average Bonchev–Trinajstić information content (AvgIpc) is 3.11. The number of hydrogen-bond acceptors (Lipinski definition) is 4. The molecule has 2 aromatic heterocycles. The zero-order chi connectivity index (χ0) is 16.6. The molecule has 120 valence electrons. The second kappa shape index (κ2) is 5.78. The van der Waals surface area contributed by atoms with Crippen LogP contribution in [0.2, 0.25) is 0 Å². The molecule has 0 atom stereocenters. The summed E-state index contributed by atoms with van der Waals surface area (Å²) in [5.41, 5.74) is 2.27. The van der Waals surface area contributed by atoms with Crippen LogP contribution in [0, 0.1) is 12.7 Å². The van der Waals surface area contributed by atoms with Crippen LogP contribution in [0.5, 0.6) is 0 Å². The molecule has 0 radical (unpaired) electrons. The van der Waals surface area contributed by atoms with Crippen molar-refractivity contribution in [2.75, 3.05) is 4.72 Å². The number of thiophene rings is 1. The summed E-state index contributed by atoms with van der Waals surface area (Å²) >= 11 is 1.08. The Kier molecular flexibility index (Phi) is 3.95. The highest BCUT2D eigenvalue weighted by atomic mass is 32.2. The first-order valence-corrected chi connectivity index (χ1v) is 9.09. The summed E-state index contributed by atoms with van der Waals surface area (Å²) in [7, 11) is -2.06. The number of sulfonamides is 1. The minimum atomic E-state index is -3.84. The molecule has 2 heterocycles. The van der Waals surface area contributed by atoms with E-state index in [4.69, 9.17) is 0 Å². The number of halogens is 1. The van der Waals surface area contributed by atoms with E-state index in [1.165, 1.54) is 12.1 Å². The minimum Gasteiger partial charge on any atom is -0.276 e. The van der Waals surface area contributed by atoms with E-state index in [9.17, 15) is 12.8 Å². The van der Waals surface area contributed by atoms with Gasteiger partial charge in [0.25, 0.3) is 10.0 Å². The summed E-state index contributed by atoms with van der Waals surface area (Å²) in [5.74, 6) is -0.609. The van der Waals surface area contributed by atoms with E-state index < -0.39 is 15.8 Å². The highest BCUT2D eigenvalue weighted by Crippen LogP contribution is 2.29. The Morgan fingerprint density at radius 1 is 1.26 bits per heavy atom. The van der Waals surface area contributed by atoms with E-state index in [2.05, 4.69) is 9.82 Å². The molecule has 0 saturated carbocycles. The van der Waals surface area contributed by atoms with Gasteiger partial charge in [-0.05, 0) is 36.8 Å². The second-order valence-electron chi connectivity index (χ2n) is 5.08. The Morgan fingerprint density at radius 2 is 2.04 bits per heavy atom. The summed E-state index contributed by atoms with van der Waals surface area (Å²) < 4.78 is 42.7. The van der Waals surface area contributed by atoms with Crippen molar-refractivity contribution >= 4 is 27.0 Å². The van der Waals surface area contributed by atoms with Crippen molar-refractivity contribution in [1.82, 2.24) is 9.78 Å². The number of aromatic nitrogens is 2. The molecule has 0 amide bonds. The molecule has 0 spiro atoms. The van der Waals surface area contributed by atoms with Crippen molar-refractivity contribution < 1.29 is 12.8 Å². The molecule has 8 heteroatoms. The highest BCUT2D eigenvalue weighted by Gasteiger charge is 2.20. The molecule has 0 aliphatic heterocycles. The van der Waals surface area contributed by atoms with Crippen LogP contribution in [0.1, 0.15) is 5.56 Å². The van der Waals surface area contributed by atoms with Gasteiger partial charge in [0.15, 0.2) is 0 Å². The van der Waals surface area contributed by atoms with Gasteiger partial charge in [-0.2, -0.15) is 5.10 Å². The summed E-state index contributed by atoms with van der Waals surface area (Å²) in [6.07, 6.45) is 1.64. The van der Waals surface area contributed by atoms with Gasteiger partial charge in [0.05, 0.1) is 11.4 Å². The molecule has 23 heavy (non-hydrogen) atoms. The van der Waals surface area contributed by atoms with Crippen LogP contribution in [0.4, 0.5) is 10.1 Å². The van der Waals surface area contributed by atoms with Gasteiger partial charge < -0.3 is 0 Å². The Hall–Kier alpha value is -2.19. The van der Waals surface area contributed by atoms with E-state index in [0.29, 0.717) is 0 Å². The van der Waals surface area contributed by atoms with E-state index in [1.54, 1.807) is 48.4 Å². The largest absolute Gasteiger partial charge is 0.276 e. The Labute approximate surface area is 137 Å². The Balaban J connectivity index is 1.93. The smallest absolute Gasteiger partial charge is 0.271 e. The lowest BCUT2D eigenvalue weighted by Crippen LogP contribution is -2.12. The molecule has 0 fully saturated rings. The molecule has 0 aliphatic carbocycles. The monoisotopic (exact) mass is 351 g/mol. The summed E-state index contributed by atoms with van der Waals surface area (Å²) in [4.78, 5) is 0. The zero-order valence-electron chi connectivity index (χ0n) is 12.4. The maximum atomic E-state index is 13.8. The zero-order valence-corrected chi connectivity index (χ0v) is 14.1. The third-order valence-corrected chi connectivity index (χ3v) is 6.13. The van der Waals surface area contributed by atoms with Gasteiger partial charge in [-0.3, -0.25) is 9.40 Å². The lowest BCUT2D eigenvalue weighted by Gasteiger charge is -2.08. The van der Waals surface area contributed by atoms with Gasteiger partial charge in [0.2, 0.25) is 0 Å². The third-order valence-electron chi connectivity index (χ3n) is 3.32. The van der Waals surface area contributed by atoms with Gasteiger partial charge in [-0.15, -0.1) is 11.3 Å². The maximum Gasteiger partial charge on any atom is 0.271 e. The van der Waals surface area contributed by atoms with Gasteiger partial charge in [0.1, 0.15) is 10.0 Å². The standard InChI is InChI=1S/C15H14FN3O2S2/c1-10-3-4-12(16)13(7-10)18-23(20,21)15-8-11(9-22-15)14-5-6-17-19(14)2/h3-9,18H,1-2H3. The first-order valence-electron chi connectivity index (χ1n) is 6.73. The lowest BCUT2D eigenvalue weighted by molar-refractivity contribution is 0.600. The van der Waals surface area contributed by atoms with Crippen molar-refractivity contribution in [3.63, 3.8) is 0 Å². The fourth-order valence-electron chi connectivity index (χ4n) is 2.16. The molecule has 3 rings (SSSR count). The second-order valence-corrected chi connectivity index (χ2v) is 7.90. The molecular weight excluding hydrogens is 337 g/mol. The average molecular weight is 351 g/mol. The topological polar surface area (TPSA) is 64.0 Å². The predicted molar refractivity (Wildman–Crippen MR) is 88.5 cm³/mol. The first kappa shape index (κ1) is 15.7. The van der Waals surface area contributed by atoms with Crippen LogP contribution in [0.15, 0.2) is 46.1 Å². The maximum absolute atomic E-state index is 13.8. The van der Waals surface area contributed by atoms with Crippen LogP contribution in [-0.2, 0) is 17.1 Å². The molecule has 0 bridgehead atoms. The van der Waals surface area contributed by atoms with Crippen LogP contribution in [0.3, 0.4) is 0 Å². The predicted octanol–water partition coefficient (Wildman–Crippen LogP) is 3.40. The molecule has 3 aromatic rings. The van der Waals surface area contributed by atoms with Crippen molar-refractivity contribution in [1.29, 1.82) is 0 Å². The third kappa shape index (κ3) is 3.13. The van der Waals surface area contributed by atoms with Gasteiger partial charge >= 0.3 is 0 Å². The SMILES string of the molecule is Cc1ccc(F)c(NS(=O)(=O)c2cc(-c3ccnn3C)cs2)c1. The fraction of sp³-hybridized carbons (Fsp3) is 0.133. The molecular formula is C15H14FN3O2S2. The van der Waals surface area contributed by atoms with Crippen molar-refractivity contribution in [3.8, 4) is 11.3 Å². The van der Waals surface area contributed by atoms with E-state index >= 15 is 0 Å². The van der Waals surface area contributed by atoms with Crippen LogP contribution in [-0.4, -0.2) is 18.2 Å². The van der Waals surface area contributed by atoms with Crippen molar-refractivity contribution in [2.24, 2.45) is 7.05 Å². The number of nitrogens with zero attached hydrogens (tertiary/aromatic N) is 2. The number of aryl methyl sites for hydroxylation is 2. The molecule has 0 saturated heterocycles. The first-order chi connectivity index (χ1) is 10.9. The van der Waals surface area contributed by atoms with Crippen LogP contribution >= 0.6 is 11.3 Å². The summed E-state index contributed by atoms with van der Waals surface area (Å²) in [6, 6.07) is 7.63. The molecule has 1 N–H and O–H groups in total. The Bertz CT molecular complexity index is 961. The summed E-state index contributed by atoms with van der Waals surface area (Å²) in [5, 5.41) is 5.79. The fourth-order valence-corrected chi connectivity index (χ4v) is 4.39. The van der Waals surface area contributed by atoms with E-state index in [0.717, 1.165) is 28.2 Å². The number of benzene rings is 1. The van der Waals surface area contributed by atoms with Gasteiger partial charge in [-0.25, -0.2) is 12.8 Å². The minimum absolute atomic E-state index is 0.0551. The lowest BCUT2D eigenvalue weighted by atomic mass is 10.2. The number of anilines is 1. The molecule has 0 aliphatic rings. The normalized spacial score (nSPS) is 11.6. The number of hydrogen-bond donors (Lipinski definition) is 1. The Morgan fingerprint density at radius 3 is 2.74 bits per heavy atom. The van der Waals surface area contributed by atoms with Gasteiger partial charge in [0, 0.05) is 24.2 Å². The van der Waals surface area contributed by atoms with Crippen molar-refractivity contribution in [3.05, 3.63) is 53.3 Å². The van der Waals surface area contributed by atoms with Crippen LogP contribution < -0.4 is 4.72 Å². The number of nitrogens with one attached hydrogen (secondary N) is 1. The van der Waals surface area contributed by atoms with Gasteiger partial charge in [-0.1, -0.05) is 6.07 Å². The molecule has 0 unspecified atom stereocenters.